The Labute approximate surface area is 184 Å². The predicted octanol–water partition coefficient (Wildman–Crippen LogP) is 3.96. The summed E-state index contributed by atoms with van der Waals surface area (Å²) in [4.78, 5) is 22.7. The summed E-state index contributed by atoms with van der Waals surface area (Å²) < 4.78 is 7.67. The number of aryl methyl sites for hydroxylation is 2. The van der Waals surface area contributed by atoms with Crippen molar-refractivity contribution in [2.45, 2.75) is 32.5 Å². The molecule has 0 radical (unpaired) electrons. The highest BCUT2D eigenvalue weighted by atomic mass is 32.2. The van der Waals surface area contributed by atoms with Gasteiger partial charge in [-0.25, -0.2) is 0 Å². The van der Waals surface area contributed by atoms with Crippen molar-refractivity contribution in [2.24, 2.45) is 7.05 Å². The van der Waals surface area contributed by atoms with E-state index in [0.29, 0.717) is 22.2 Å². The van der Waals surface area contributed by atoms with Crippen LogP contribution in [0.15, 0.2) is 41.6 Å². The van der Waals surface area contributed by atoms with E-state index in [2.05, 4.69) is 15.5 Å². The molecule has 3 rings (SSSR count). The van der Waals surface area contributed by atoms with Gasteiger partial charge in [0.1, 0.15) is 12.4 Å². The number of non-ortho nitro benzene ring substituents is 1. The van der Waals surface area contributed by atoms with Crippen LogP contribution in [-0.2, 0) is 18.4 Å². The highest BCUT2D eigenvalue weighted by Crippen LogP contribution is 2.24. The number of nitrogens with zero attached hydrogens (tertiary/aromatic N) is 4. The third-order valence-corrected chi connectivity index (χ3v) is 5.88. The topological polar surface area (TPSA) is 112 Å². The number of rotatable bonds is 8. The Hall–Kier alpha value is -3.40. The Morgan fingerprint density at radius 2 is 1.97 bits per heavy atom. The van der Waals surface area contributed by atoms with Crippen molar-refractivity contribution in [3.8, 4) is 5.75 Å². The molecule has 10 heteroatoms. The Balaban J connectivity index is 1.56. The molecule has 0 aliphatic carbocycles. The maximum Gasteiger partial charge on any atom is 0.269 e. The lowest BCUT2D eigenvalue weighted by Gasteiger charge is -2.10. The summed E-state index contributed by atoms with van der Waals surface area (Å²) in [6, 6.07) is 10.2. The van der Waals surface area contributed by atoms with E-state index in [1.54, 1.807) is 11.5 Å². The molecule has 0 bridgehead atoms. The minimum Gasteiger partial charge on any atom is -0.485 e. The summed E-state index contributed by atoms with van der Waals surface area (Å²) in [5.74, 6) is 1.34. The summed E-state index contributed by atoms with van der Waals surface area (Å²) >= 11 is 1.25. The van der Waals surface area contributed by atoms with Crippen molar-refractivity contribution in [2.75, 3.05) is 11.1 Å². The van der Waals surface area contributed by atoms with Crippen LogP contribution < -0.4 is 10.1 Å². The number of nitrogens with one attached hydrogen (secondary N) is 1. The second-order valence-electron chi connectivity index (χ2n) is 7.04. The van der Waals surface area contributed by atoms with Gasteiger partial charge in [0.05, 0.1) is 10.7 Å². The van der Waals surface area contributed by atoms with Crippen molar-refractivity contribution in [3.63, 3.8) is 0 Å². The SMILES string of the molecule is Cc1cc([N+](=O)[O-])ccc1NC(=O)CSc1nnc(COc2cccc(C)c2C)n1C. The van der Waals surface area contributed by atoms with Crippen LogP contribution in [-0.4, -0.2) is 31.3 Å². The minimum atomic E-state index is -0.468. The van der Waals surface area contributed by atoms with Gasteiger partial charge in [-0.2, -0.15) is 0 Å². The molecule has 0 unspecified atom stereocenters. The van der Waals surface area contributed by atoms with Crippen LogP contribution >= 0.6 is 11.8 Å². The fourth-order valence-corrected chi connectivity index (χ4v) is 3.57. The van der Waals surface area contributed by atoms with Crippen LogP contribution in [0.4, 0.5) is 11.4 Å². The van der Waals surface area contributed by atoms with E-state index in [1.807, 2.05) is 39.1 Å². The minimum absolute atomic E-state index is 0.0143. The number of nitro groups is 1. The molecule has 0 saturated carbocycles. The molecule has 1 aromatic heterocycles. The molecule has 2 aromatic carbocycles. The number of carbonyl (C=O) groups excluding carboxylic acids is 1. The smallest absolute Gasteiger partial charge is 0.269 e. The van der Waals surface area contributed by atoms with Crippen LogP contribution in [0.5, 0.6) is 5.75 Å². The van der Waals surface area contributed by atoms with Gasteiger partial charge in [-0.15, -0.1) is 10.2 Å². The number of hydrogen-bond acceptors (Lipinski definition) is 7. The molecule has 0 atom stereocenters. The van der Waals surface area contributed by atoms with Crippen molar-refractivity contribution < 1.29 is 14.5 Å². The molecular formula is C21H23N5O4S. The zero-order valence-electron chi connectivity index (χ0n) is 17.7. The van der Waals surface area contributed by atoms with E-state index < -0.39 is 4.92 Å². The van der Waals surface area contributed by atoms with Crippen LogP contribution in [0.2, 0.25) is 0 Å². The van der Waals surface area contributed by atoms with E-state index in [-0.39, 0.29) is 24.0 Å². The second-order valence-corrected chi connectivity index (χ2v) is 7.98. The van der Waals surface area contributed by atoms with Gasteiger partial charge in [0.2, 0.25) is 5.91 Å². The van der Waals surface area contributed by atoms with Crippen LogP contribution in [0.3, 0.4) is 0 Å². The molecule has 31 heavy (non-hydrogen) atoms. The third kappa shape index (κ3) is 5.40. The van der Waals surface area contributed by atoms with Crippen molar-refractivity contribution >= 4 is 29.0 Å². The first-order valence-electron chi connectivity index (χ1n) is 9.51. The van der Waals surface area contributed by atoms with Gasteiger partial charge in [-0.3, -0.25) is 14.9 Å². The Morgan fingerprint density at radius 3 is 2.68 bits per heavy atom. The molecular weight excluding hydrogens is 418 g/mol. The normalized spacial score (nSPS) is 10.7. The first-order valence-corrected chi connectivity index (χ1v) is 10.5. The van der Waals surface area contributed by atoms with E-state index in [4.69, 9.17) is 4.74 Å². The number of thioether (sulfide) groups is 1. The first-order chi connectivity index (χ1) is 14.8. The first kappa shape index (κ1) is 22.3. The van der Waals surface area contributed by atoms with Crippen LogP contribution in [0.1, 0.15) is 22.5 Å². The number of aromatic nitrogens is 3. The average Bonchev–Trinajstić information content (AvgIpc) is 3.08. The summed E-state index contributed by atoms with van der Waals surface area (Å²) in [6.45, 7) is 6.01. The molecule has 162 valence electrons. The molecule has 0 saturated heterocycles. The molecule has 1 heterocycles. The third-order valence-electron chi connectivity index (χ3n) is 4.86. The van der Waals surface area contributed by atoms with Crippen molar-refractivity contribution in [1.82, 2.24) is 14.8 Å². The van der Waals surface area contributed by atoms with Crippen molar-refractivity contribution in [3.05, 3.63) is 69.0 Å². The molecule has 3 aromatic rings. The van der Waals surface area contributed by atoms with E-state index in [0.717, 1.165) is 16.9 Å². The van der Waals surface area contributed by atoms with Gasteiger partial charge in [-0.1, -0.05) is 23.9 Å². The molecule has 1 N–H and O–H groups in total. The Bertz CT molecular complexity index is 1130. The largest absolute Gasteiger partial charge is 0.485 e. The number of amides is 1. The van der Waals surface area contributed by atoms with Gasteiger partial charge in [0.25, 0.3) is 5.69 Å². The fourth-order valence-electron chi connectivity index (χ4n) is 2.84. The lowest BCUT2D eigenvalue weighted by molar-refractivity contribution is -0.384. The Morgan fingerprint density at radius 1 is 1.19 bits per heavy atom. The number of ether oxygens (including phenoxy) is 1. The summed E-state index contributed by atoms with van der Waals surface area (Å²) in [6.07, 6.45) is 0. The number of nitro benzene ring substituents is 1. The standard InChI is InChI=1S/C21H23N5O4S/c1-13-6-5-7-18(15(13)3)30-11-19-23-24-21(25(19)4)31-12-20(27)22-17-9-8-16(26(28)29)10-14(17)2/h5-10H,11-12H2,1-4H3,(H,22,27). The lowest BCUT2D eigenvalue weighted by atomic mass is 10.1. The highest BCUT2D eigenvalue weighted by molar-refractivity contribution is 7.99. The van der Waals surface area contributed by atoms with Crippen LogP contribution in [0.25, 0.3) is 0 Å². The fraction of sp³-hybridized carbons (Fsp3) is 0.286. The summed E-state index contributed by atoms with van der Waals surface area (Å²) in [7, 11) is 1.82. The average molecular weight is 442 g/mol. The van der Waals surface area contributed by atoms with Crippen LogP contribution in [0, 0.1) is 30.9 Å². The summed E-state index contributed by atoms with van der Waals surface area (Å²) in [5, 5.41) is 22.5. The quantitative estimate of drug-likeness (QED) is 0.320. The predicted molar refractivity (Wildman–Crippen MR) is 118 cm³/mol. The van der Waals surface area contributed by atoms with E-state index in [9.17, 15) is 14.9 Å². The molecule has 0 aliphatic rings. The number of anilines is 1. The number of carbonyl (C=O) groups is 1. The molecule has 0 spiro atoms. The van der Waals surface area contributed by atoms with E-state index in [1.165, 1.54) is 30.0 Å². The molecule has 0 aliphatic heterocycles. The number of hydrogen-bond donors (Lipinski definition) is 1. The highest BCUT2D eigenvalue weighted by Gasteiger charge is 2.14. The van der Waals surface area contributed by atoms with Gasteiger partial charge in [0.15, 0.2) is 11.0 Å². The van der Waals surface area contributed by atoms with Gasteiger partial charge in [-0.05, 0) is 49.6 Å². The number of benzene rings is 2. The lowest BCUT2D eigenvalue weighted by Crippen LogP contribution is -2.15. The Kier molecular flexibility index (Phi) is 6.91. The van der Waals surface area contributed by atoms with Gasteiger partial charge >= 0.3 is 0 Å². The maximum atomic E-state index is 12.3. The second kappa shape index (κ2) is 9.61. The molecule has 1 amide bonds. The summed E-state index contributed by atoms with van der Waals surface area (Å²) in [5.41, 5.74) is 3.38. The molecule has 0 fully saturated rings. The zero-order chi connectivity index (χ0) is 22.5. The monoisotopic (exact) mass is 441 g/mol. The molecule has 9 nitrogen and oxygen atoms in total. The zero-order valence-corrected chi connectivity index (χ0v) is 18.5. The van der Waals surface area contributed by atoms with Crippen molar-refractivity contribution in [1.29, 1.82) is 0 Å². The van der Waals surface area contributed by atoms with Gasteiger partial charge in [0, 0.05) is 24.9 Å². The van der Waals surface area contributed by atoms with Gasteiger partial charge < -0.3 is 14.6 Å². The van der Waals surface area contributed by atoms with E-state index >= 15 is 0 Å². The maximum absolute atomic E-state index is 12.3.